The lowest BCUT2D eigenvalue weighted by Gasteiger charge is -2.08. The van der Waals surface area contributed by atoms with Gasteiger partial charge in [0, 0.05) is 29.0 Å². The number of nitrogens with one attached hydrogen (secondary N) is 2. The molecule has 0 aliphatic carbocycles. The Morgan fingerprint density at radius 2 is 1.73 bits per heavy atom. The quantitative estimate of drug-likeness (QED) is 0.720. The van der Waals surface area contributed by atoms with E-state index in [-0.39, 0.29) is 17.5 Å². The highest BCUT2D eigenvalue weighted by Gasteiger charge is 2.12. The van der Waals surface area contributed by atoms with Crippen LogP contribution >= 0.6 is 11.6 Å². The van der Waals surface area contributed by atoms with Crippen LogP contribution < -0.4 is 10.6 Å². The van der Waals surface area contributed by atoms with Crippen LogP contribution in [0.15, 0.2) is 72.9 Å². The van der Waals surface area contributed by atoms with E-state index in [4.69, 9.17) is 11.6 Å². The van der Waals surface area contributed by atoms with Gasteiger partial charge in [-0.25, -0.2) is 0 Å². The number of carbonyl (C=O) groups excluding carboxylic acids is 2. The zero-order valence-corrected chi connectivity index (χ0v) is 14.5. The molecule has 5 nitrogen and oxygen atoms in total. The van der Waals surface area contributed by atoms with E-state index in [2.05, 4.69) is 15.6 Å². The van der Waals surface area contributed by atoms with Crippen LogP contribution in [0.2, 0.25) is 5.02 Å². The maximum Gasteiger partial charge on any atom is 0.270 e. The number of pyridine rings is 1. The number of halogens is 1. The molecule has 0 spiro atoms. The average Bonchev–Trinajstić information content (AvgIpc) is 2.67. The molecule has 0 radical (unpaired) electrons. The maximum atomic E-state index is 12.4. The van der Waals surface area contributed by atoms with Gasteiger partial charge < -0.3 is 10.6 Å². The lowest BCUT2D eigenvalue weighted by molar-refractivity contribution is 0.0946. The van der Waals surface area contributed by atoms with Crippen molar-refractivity contribution in [3.8, 4) is 0 Å². The van der Waals surface area contributed by atoms with Crippen molar-refractivity contribution in [2.45, 2.75) is 6.54 Å². The SMILES string of the molecule is O=C(Nc1cccc(Cl)c1)c1ccnc(C(=O)NCc2ccccc2)c1. The average molecular weight is 366 g/mol. The van der Waals surface area contributed by atoms with Gasteiger partial charge in [-0.2, -0.15) is 0 Å². The lowest BCUT2D eigenvalue weighted by Crippen LogP contribution is -2.24. The van der Waals surface area contributed by atoms with Crippen molar-refractivity contribution in [1.82, 2.24) is 10.3 Å². The maximum absolute atomic E-state index is 12.4. The van der Waals surface area contributed by atoms with Crippen LogP contribution in [0.5, 0.6) is 0 Å². The third kappa shape index (κ3) is 4.68. The van der Waals surface area contributed by atoms with E-state index in [1.807, 2.05) is 30.3 Å². The highest BCUT2D eigenvalue weighted by Crippen LogP contribution is 2.16. The fourth-order valence-corrected chi connectivity index (χ4v) is 2.52. The zero-order chi connectivity index (χ0) is 18.4. The molecule has 3 aromatic rings. The molecule has 0 aliphatic rings. The molecular formula is C20H16ClN3O2. The number of hydrogen-bond donors (Lipinski definition) is 2. The van der Waals surface area contributed by atoms with Crippen molar-refractivity contribution >= 4 is 29.1 Å². The van der Waals surface area contributed by atoms with E-state index in [0.29, 0.717) is 22.8 Å². The van der Waals surface area contributed by atoms with Gasteiger partial charge >= 0.3 is 0 Å². The first-order valence-corrected chi connectivity index (χ1v) is 8.35. The van der Waals surface area contributed by atoms with Gasteiger partial charge in [0.1, 0.15) is 5.69 Å². The Hall–Kier alpha value is -3.18. The minimum Gasteiger partial charge on any atom is -0.347 e. The van der Waals surface area contributed by atoms with Crippen LogP contribution in [-0.2, 0) is 6.54 Å². The summed E-state index contributed by atoms with van der Waals surface area (Å²) in [5, 5.41) is 6.05. The lowest BCUT2D eigenvalue weighted by atomic mass is 10.2. The standard InChI is InChI=1S/C20H16ClN3O2/c21-16-7-4-8-17(12-16)24-19(25)15-9-10-22-18(11-15)20(26)23-13-14-5-2-1-3-6-14/h1-12H,13H2,(H,23,26)(H,24,25). The van der Waals surface area contributed by atoms with E-state index < -0.39 is 0 Å². The van der Waals surface area contributed by atoms with Gasteiger partial charge in [-0.3, -0.25) is 14.6 Å². The van der Waals surface area contributed by atoms with Crippen molar-refractivity contribution in [3.63, 3.8) is 0 Å². The van der Waals surface area contributed by atoms with Crippen LogP contribution in [-0.4, -0.2) is 16.8 Å². The molecule has 0 fully saturated rings. The smallest absolute Gasteiger partial charge is 0.270 e. The monoisotopic (exact) mass is 365 g/mol. The molecular weight excluding hydrogens is 350 g/mol. The number of anilines is 1. The van der Waals surface area contributed by atoms with Gasteiger partial charge in [-0.05, 0) is 35.9 Å². The molecule has 0 unspecified atom stereocenters. The topological polar surface area (TPSA) is 71.1 Å². The van der Waals surface area contributed by atoms with Crippen LogP contribution in [0.25, 0.3) is 0 Å². The number of rotatable bonds is 5. The third-order valence-corrected chi connectivity index (χ3v) is 3.87. The number of hydrogen-bond acceptors (Lipinski definition) is 3. The number of amides is 2. The predicted molar refractivity (Wildman–Crippen MR) is 101 cm³/mol. The Morgan fingerprint density at radius 1 is 0.923 bits per heavy atom. The fraction of sp³-hybridized carbons (Fsp3) is 0.0500. The summed E-state index contributed by atoms with van der Waals surface area (Å²) in [6.07, 6.45) is 1.43. The molecule has 1 aromatic heterocycles. The molecule has 26 heavy (non-hydrogen) atoms. The Kier molecular flexibility index (Phi) is 5.61. The van der Waals surface area contributed by atoms with Crippen molar-refractivity contribution in [1.29, 1.82) is 0 Å². The largest absolute Gasteiger partial charge is 0.347 e. The predicted octanol–water partition coefficient (Wildman–Crippen LogP) is 3.92. The second-order valence-corrected chi connectivity index (χ2v) is 6.00. The molecule has 130 valence electrons. The third-order valence-electron chi connectivity index (χ3n) is 3.63. The summed E-state index contributed by atoms with van der Waals surface area (Å²) in [6.45, 7) is 0.389. The molecule has 0 bridgehead atoms. The summed E-state index contributed by atoms with van der Waals surface area (Å²) in [7, 11) is 0. The molecule has 6 heteroatoms. The number of benzene rings is 2. The zero-order valence-electron chi connectivity index (χ0n) is 13.8. The number of carbonyl (C=O) groups is 2. The summed E-state index contributed by atoms with van der Waals surface area (Å²) in [6, 6.07) is 19.4. The van der Waals surface area contributed by atoms with E-state index >= 15 is 0 Å². The second kappa shape index (κ2) is 8.27. The van der Waals surface area contributed by atoms with Gasteiger partial charge in [0.25, 0.3) is 11.8 Å². The van der Waals surface area contributed by atoms with Gasteiger partial charge in [-0.1, -0.05) is 48.0 Å². The van der Waals surface area contributed by atoms with Gasteiger partial charge in [-0.15, -0.1) is 0 Å². The van der Waals surface area contributed by atoms with Gasteiger partial charge in [0.2, 0.25) is 0 Å². The normalized spacial score (nSPS) is 10.2. The number of nitrogens with zero attached hydrogens (tertiary/aromatic N) is 1. The molecule has 0 atom stereocenters. The van der Waals surface area contributed by atoms with Crippen LogP contribution in [0.4, 0.5) is 5.69 Å². The van der Waals surface area contributed by atoms with Gasteiger partial charge in [0.05, 0.1) is 0 Å². The summed E-state index contributed by atoms with van der Waals surface area (Å²) in [4.78, 5) is 28.7. The summed E-state index contributed by atoms with van der Waals surface area (Å²) >= 11 is 5.91. The Morgan fingerprint density at radius 3 is 2.50 bits per heavy atom. The highest BCUT2D eigenvalue weighted by atomic mass is 35.5. The van der Waals surface area contributed by atoms with Crippen molar-refractivity contribution in [2.24, 2.45) is 0 Å². The van der Waals surface area contributed by atoms with E-state index in [0.717, 1.165) is 5.56 Å². The molecule has 1 heterocycles. The molecule has 2 N–H and O–H groups in total. The van der Waals surface area contributed by atoms with Crippen LogP contribution in [0.1, 0.15) is 26.4 Å². The minimum atomic E-state index is -0.341. The first-order valence-electron chi connectivity index (χ1n) is 7.97. The molecule has 0 saturated carbocycles. The highest BCUT2D eigenvalue weighted by molar-refractivity contribution is 6.31. The van der Waals surface area contributed by atoms with Crippen LogP contribution in [0.3, 0.4) is 0 Å². The summed E-state index contributed by atoms with van der Waals surface area (Å²) in [5.74, 6) is -0.682. The number of aromatic nitrogens is 1. The van der Waals surface area contributed by atoms with E-state index in [1.54, 1.807) is 30.3 Å². The fourth-order valence-electron chi connectivity index (χ4n) is 2.33. The Balaban J connectivity index is 1.67. The van der Waals surface area contributed by atoms with Crippen molar-refractivity contribution in [2.75, 3.05) is 5.32 Å². The van der Waals surface area contributed by atoms with Crippen LogP contribution in [0, 0.1) is 0 Å². The second-order valence-electron chi connectivity index (χ2n) is 5.56. The first-order chi connectivity index (χ1) is 12.6. The summed E-state index contributed by atoms with van der Waals surface area (Å²) < 4.78 is 0. The van der Waals surface area contributed by atoms with Gasteiger partial charge in [0.15, 0.2) is 0 Å². The van der Waals surface area contributed by atoms with E-state index in [1.165, 1.54) is 12.3 Å². The van der Waals surface area contributed by atoms with Crippen molar-refractivity contribution < 1.29 is 9.59 Å². The first kappa shape index (κ1) is 17.6. The summed E-state index contributed by atoms with van der Waals surface area (Å²) in [5.41, 5.74) is 2.08. The Bertz CT molecular complexity index is 929. The Labute approximate surface area is 156 Å². The minimum absolute atomic E-state index is 0.180. The van der Waals surface area contributed by atoms with E-state index in [9.17, 15) is 9.59 Å². The molecule has 0 aliphatic heterocycles. The molecule has 0 saturated heterocycles. The molecule has 2 amide bonds. The van der Waals surface area contributed by atoms with Crippen molar-refractivity contribution in [3.05, 3.63) is 94.8 Å². The molecule has 3 rings (SSSR count). The molecule has 2 aromatic carbocycles.